The standard InChI is InChI=1S/C12H19N3O2/c1-5-17-10-9(7-6-8-14-10)15-11(16)12(2,3)13-4/h6-8,13H,5H2,1-4H3,(H,15,16). The zero-order valence-corrected chi connectivity index (χ0v) is 10.7. The second kappa shape index (κ2) is 5.63. The molecule has 0 saturated carbocycles. The zero-order valence-electron chi connectivity index (χ0n) is 10.7. The first-order valence-corrected chi connectivity index (χ1v) is 5.59. The number of likely N-dealkylation sites (N-methyl/N-ethyl adjacent to an activating group) is 1. The number of pyridine rings is 1. The van der Waals surface area contributed by atoms with Crippen molar-refractivity contribution in [1.29, 1.82) is 0 Å². The molecular weight excluding hydrogens is 218 g/mol. The highest BCUT2D eigenvalue weighted by molar-refractivity contribution is 5.98. The van der Waals surface area contributed by atoms with E-state index in [-0.39, 0.29) is 5.91 Å². The molecule has 0 saturated heterocycles. The largest absolute Gasteiger partial charge is 0.476 e. The van der Waals surface area contributed by atoms with Gasteiger partial charge in [0.25, 0.3) is 0 Å². The average molecular weight is 237 g/mol. The summed E-state index contributed by atoms with van der Waals surface area (Å²) in [6.45, 7) is 5.99. The summed E-state index contributed by atoms with van der Waals surface area (Å²) < 4.78 is 5.34. The number of aromatic nitrogens is 1. The van der Waals surface area contributed by atoms with Gasteiger partial charge in [0.2, 0.25) is 11.8 Å². The molecule has 0 atom stereocenters. The first-order chi connectivity index (χ1) is 8.01. The van der Waals surface area contributed by atoms with E-state index in [4.69, 9.17) is 4.74 Å². The fourth-order valence-electron chi connectivity index (χ4n) is 1.13. The van der Waals surface area contributed by atoms with E-state index < -0.39 is 5.54 Å². The van der Waals surface area contributed by atoms with E-state index in [1.807, 2.05) is 6.92 Å². The molecule has 0 bridgehead atoms. The van der Waals surface area contributed by atoms with E-state index in [0.29, 0.717) is 18.2 Å². The van der Waals surface area contributed by atoms with Gasteiger partial charge in [-0.2, -0.15) is 0 Å². The predicted octanol–water partition coefficient (Wildman–Crippen LogP) is 1.42. The van der Waals surface area contributed by atoms with E-state index in [9.17, 15) is 4.79 Å². The van der Waals surface area contributed by atoms with Gasteiger partial charge >= 0.3 is 0 Å². The summed E-state index contributed by atoms with van der Waals surface area (Å²) >= 11 is 0. The lowest BCUT2D eigenvalue weighted by atomic mass is 10.1. The summed E-state index contributed by atoms with van der Waals surface area (Å²) in [5.41, 5.74) is -0.0537. The van der Waals surface area contributed by atoms with Crippen molar-refractivity contribution in [3.63, 3.8) is 0 Å². The minimum atomic E-state index is -0.640. The summed E-state index contributed by atoms with van der Waals surface area (Å²) in [6.07, 6.45) is 1.63. The Hall–Kier alpha value is -1.62. The number of hydrogen-bond acceptors (Lipinski definition) is 4. The second-order valence-electron chi connectivity index (χ2n) is 4.12. The van der Waals surface area contributed by atoms with Crippen molar-refractivity contribution in [2.24, 2.45) is 0 Å². The van der Waals surface area contributed by atoms with Crippen molar-refractivity contribution >= 4 is 11.6 Å². The minimum Gasteiger partial charge on any atom is -0.476 e. The van der Waals surface area contributed by atoms with Crippen molar-refractivity contribution in [2.45, 2.75) is 26.3 Å². The fourth-order valence-corrected chi connectivity index (χ4v) is 1.13. The van der Waals surface area contributed by atoms with E-state index in [1.165, 1.54) is 0 Å². The Morgan fingerprint density at radius 3 is 2.82 bits per heavy atom. The normalized spacial score (nSPS) is 11.1. The molecule has 0 unspecified atom stereocenters. The first-order valence-electron chi connectivity index (χ1n) is 5.59. The van der Waals surface area contributed by atoms with Gasteiger partial charge in [-0.3, -0.25) is 4.79 Å². The number of carbonyl (C=O) groups is 1. The van der Waals surface area contributed by atoms with Crippen molar-refractivity contribution in [2.75, 3.05) is 19.0 Å². The molecule has 1 aromatic heterocycles. The summed E-state index contributed by atoms with van der Waals surface area (Å²) in [6, 6.07) is 3.52. The van der Waals surface area contributed by atoms with Crippen molar-refractivity contribution in [3.8, 4) is 5.88 Å². The Labute approximate surface area is 102 Å². The van der Waals surface area contributed by atoms with Crippen molar-refractivity contribution < 1.29 is 9.53 Å². The highest BCUT2D eigenvalue weighted by Gasteiger charge is 2.26. The Morgan fingerprint density at radius 2 is 2.24 bits per heavy atom. The van der Waals surface area contributed by atoms with E-state index >= 15 is 0 Å². The van der Waals surface area contributed by atoms with Gasteiger partial charge in [-0.05, 0) is 40.0 Å². The van der Waals surface area contributed by atoms with Gasteiger partial charge in [0.05, 0.1) is 12.1 Å². The maximum absolute atomic E-state index is 12.0. The Kier molecular flexibility index (Phi) is 4.45. The molecule has 0 aliphatic carbocycles. The maximum Gasteiger partial charge on any atom is 0.244 e. The molecule has 17 heavy (non-hydrogen) atoms. The molecule has 1 heterocycles. The fraction of sp³-hybridized carbons (Fsp3) is 0.500. The molecule has 0 aromatic carbocycles. The number of anilines is 1. The molecular formula is C12H19N3O2. The molecule has 5 heteroatoms. The number of amides is 1. The van der Waals surface area contributed by atoms with Crippen LogP contribution in [0.25, 0.3) is 0 Å². The molecule has 0 aliphatic heterocycles. The van der Waals surface area contributed by atoms with Gasteiger partial charge in [0.15, 0.2) is 0 Å². The number of carbonyl (C=O) groups excluding carboxylic acids is 1. The molecule has 0 aliphatic rings. The second-order valence-corrected chi connectivity index (χ2v) is 4.12. The maximum atomic E-state index is 12.0. The van der Waals surface area contributed by atoms with Crippen molar-refractivity contribution in [3.05, 3.63) is 18.3 Å². The van der Waals surface area contributed by atoms with E-state index in [2.05, 4.69) is 15.6 Å². The molecule has 0 fully saturated rings. The molecule has 94 valence electrons. The molecule has 1 rings (SSSR count). The van der Waals surface area contributed by atoms with Gasteiger partial charge in [0.1, 0.15) is 5.69 Å². The molecule has 0 radical (unpaired) electrons. The molecule has 1 amide bonds. The van der Waals surface area contributed by atoms with Crippen LogP contribution in [-0.2, 0) is 4.79 Å². The van der Waals surface area contributed by atoms with Gasteiger partial charge in [0, 0.05) is 6.20 Å². The smallest absolute Gasteiger partial charge is 0.244 e. The van der Waals surface area contributed by atoms with Crippen LogP contribution in [0.1, 0.15) is 20.8 Å². The third kappa shape index (κ3) is 3.42. The van der Waals surface area contributed by atoms with Crippen LogP contribution in [0.4, 0.5) is 5.69 Å². The zero-order chi connectivity index (χ0) is 12.9. The van der Waals surface area contributed by atoms with Crippen LogP contribution >= 0.6 is 0 Å². The number of nitrogens with zero attached hydrogens (tertiary/aromatic N) is 1. The first kappa shape index (κ1) is 13.4. The van der Waals surface area contributed by atoms with Gasteiger partial charge in [-0.25, -0.2) is 4.98 Å². The molecule has 2 N–H and O–H groups in total. The lowest BCUT2D eigenvalue weighted by Gasteiger charge is -2.23. The Bertz CT molecular complexity index is 391. The monoisotopic (exact) mass is 237 g/mol. The van der Waals surface area contributed by atoms with Crippen LogP contribution in [0.2, 0.25) is 0 Å². The highest BCUT2D eigenvalue weighted by atomic mass is 16.5. The van der Waals surface area contributed by atoms with Crippen molar-refractivity contribution in [1.82, 2.24) is 10.3 Å². The predicted molar refractivity (Wildman–Crippen MR) is 67.2 cm³/mol. The third-order valence-electron chi connectivity index (χ3n) is 2.49. The lowest BCUT2D eigenvalue weighted by molar-refractivity contribution is -0.121. The van der Waals surface area contributed by atoms with Crippen LogP contribution in [0.15, 0.2) is 18.3 Å². The quantitative estimate of drug-likeness (QED) is 0.813. The summed E-state index contributed by atoms with van der Waals surface area (Å²) in [7, 11) is 1.74. The molecule has 1 aromatic rings. The van der Waals surface area contributed by atoms with E-state index in [1.54, 1.807) is 39.2 Å². The summed E-state index contributed by atoms with van der Waals surface area (Å²) in [4.78, 5) is 16.0. The Morgan fingerprint density at radius 1 is 1.53 bits per heavy atom. The van der Waals surface area contributed by atoms with Gasteiger partial charge < -0.3 is 15.4 Å². The number of ether oxygens (including phenoxy) is 1. The summed E-state index contributed by atoms with van der Waals surface area (Å²) in [5, 5.41) is 5.74. The van der Waals surface area contributed by atoms with Gasteiger partial charge in [-0.1, -0.05) is 0 Å². The molecule has 0 spiro atoms. The topological polar surface area (TPSA) is 63.2 Å². The van der Waals surface area contributed by atoms with E-state index in [0.717, 1.165) is 0 Å². The highest BCUT2D eigenvalue weighted by Crippen LogP contribution is 2.21. The molecule has 5 nitrogen and oxygen atoms in total. The SMILES string of the molecule is CCOc1ncccc1NC(=O)C(C)(C)NC. The van der Waals surface area contributed by atoms with Crippen LogP contribution in [0.3, 0.4) is 0 Å². The number of nitrogens with one attached hydrogen (secondary N) is 2. The van der Waals surface area contributed by atoms with Crippen LogP contribution in [0, 0.1) is 0 Å². The number of rotatable bonds is 5. The lowest BCUT2D eigenvalue weighted by Crippen LogP contribution is -2.47. The Balaban J connectivity index is 2.84. The summed E-state index contributed by atoms with van der Waals surface area (Å²) in [5.74, 6) is 0.309. The number of hydrogen-bond donors (Lipinski definition) is 2. The van der Waals surface area contributed by atoms with Crippen LogP contribution in [-0.4, -0.2) is 30.1 Å². The van der Waals surface area contributed by atoms with Crippen LogP contribution < -0.4 is 15.4 Å². The minimum absolute atomic E-state index is 0.131. The average Bonchev–Trinajstić information content (AvgIpc) is 2.32. The third-order valence-corrected chi connectivity index (χ3v) is 2.49. The van der Waals surface area contributed by atoms with Gasteiger partial charge in [-0.15, -0.1) is 0 Å². The van der Waals surface area contributed by atoms with Crippen LogP contribution in [0.5, 0.6) is 5.88 Å².